The lowest BCUT2D eigenvalue weighted by molar-refractivity contribution is -0.161. The molecule has 13 nitrogen and oxygen atoms in total. The summed E-state index contributed by atoms with van der Waals surface area (Å²) in [4.78, 5) is 56.2. The van der Waals surface area contributed by atoms with Crippen molar-refractivity contribution in [2.24, 2.45) is 5.92 Å². The molecule has 1 aromatic carbocycles. The molecule has 3 aliphatic heterocycles. The lowest BCUT2D eigenvalue weighted by Gasteiger charge is -2.42. The quantitative estimate of drug-likeness (QED) is 0.151. The Morgan fingerprint density at radius 3 is 2.63 bits per heavy atom. The number of esters is 1. The number of ether oxygens (including phenoxy) is 5. The standard InChI is InChI=1S/C36H50ClN3O10S2/c1-20-11-10-12-27(47-8)36(45)19-26(48-34(44)38-36)21(2)32-35(4,50-32)28(49-33(43)22(3)39(5)29(41)13-14-52-51-9)18-30(42)40(6)24-16-23(15-20)17-25(46-7)31(24)37/h10-12,16-17,21-22,26-28,32,45H,13-15,18-19H2,1-9H3,(H,38,44)/b12-10-,20-11-/t21-,22+,26+,27-,28+,32+,35+,36+/m1/s1. The van der Waals surface area contributed by atoms with Gasteiger partial charge < -0.3 is 38.6 Å². The first-order valence-corrected chi connectivity index (χ1v) is 20.1. The van der Waals surface area contributed by atoms with Crippen LogP contribution < -0.4 is 15.0 Å². The summed E-state index contributed by atoms with van der Waals surface area (Å²) < 4.78 is 29.2. The third-order valence-corrected chi connectivity index (χ3v) is 12.2. The Hall–Kier alpha value is -2.95. The fourth-order valence-electron chi connectivity index (χ4n) is 6.61. The largest absolute Gasteiger partial charge is 0.495 e. The lowest BCUT2D eigenvalue weighted by Crippen LogP contribution is -2.63. The fourth-order valence-corrected chi connectivity index (χ4v) is 8.09. The SMILES string of the molecule is COc1cc2cc(c1Cl)N(C)C(=O)C[C@H](OC(=O)[C@H](C)N(C)C(=O)CCSSC)[C@]1(C)O[C@H]1[C@H](C)[C@@H]1C[C@@](O)(NC(=O)O1)[C@H](OC)/C=C\C=C(\C)C2. The van der Waals surface area contributed by atoms with Gasteiger partial charge in [-0.1, -0.05) is 63.9 Å². The predicted molar refractivity (Wildman–Crippen MR) is 202 cm³/mol. The van der Waals surface area contributed by atoms with Gasteiger partial charge in [-0.05, 0) is 51.1 Å². The Bertz CT molecular complexity index is 1580. The van der Waals surface area contributed by atoms with Gasteiger partial charge in [-0.15, -0.1) is 0 Å². The molecule has 3 aliphatic rings. The van der Waals surface area contributed by atoms with Crippen molar-refractivity contribution in [1.82, 2.24) is 10.2 Å². The molecule has 288 valence electrons. The number of fused-ring (bicyclic) bond motifs is 5. The molecule has 16 heteroatoms. The fraction of sp³-hybridized carbons (Fsp3) is 0.611. The molecule has 2 fully saturated rings. The number of rotatable bonds is 9. The van der Waals surface area contributed by atoms with Crippen LogP contribution in [0.3, 0.4) is 0 Å². The normalized spacial score (nSPS) is 31.6. The van der Waals surface area contributed by atoms with E-state index in [1.54, 1.807) is 73.7 Å². The zero-order valence-electron chi connectivity index (χ0n) is 31.1. The van der Waals surface area contributed by atoms with E-state index in [-0.39, 0.29) is 30.2 Å². The molecular weight excluding hydrogens is 734 g/mol. The third-order valence-electron chi connectivity index (χ3n) is 10.0. The van der Waals surface area contributed by atoms with Crippen LogP contribution in [0.4, 0.5) is 10.5 Å². The van der Waals surface area contributed by atoms with Gasteiger partial charge in [0.05, 0.1) is 25.3 Å². The number of halogens is 1. The highest BCUT2D eigenvalue weighted by Gasteiger charge is 2.64. The Labute approximate surface area is 318 Å². The molecule has 3 amide bonds. The van der Waals surface area contributed by atoms with Crippen LogP contribution in [-0.4, -0.2) is 116 Å². The predicted octanol–water partition coefficient (Wildman–Crippen LogP) is 4.92. The van der Waals surface area contributed by atoms with Crippen molar-refractivity contribution in [3.63, 3.8) is 0 Å². The number of anilines is 1. The van der Waals surface area contributed by atoms with E-state index in [9.17, 15) is 24.3 Å². The average Bonchev–Trinajstić information content (AvgIpc) is 3.80. The summed E-state index contributed by atoms with van der Waals surface area (Å²) in [6.07, 6.45) is 3.17. The smallest absolute Gasteiger partial charge is 0.409 e. The Kier molecular flexibility index (Phi) is 14.0. The number of benzene rings is 1. The highest BCUT2D eigenvalue weighted by molar-refractivity contribution is 8.76. The van der Waals surface area contributed by atoms with Crippen molar-refractivity contribution in [2.75, 3.05) is 45.2 Å². The lowest BCUT2D eigenvalue weighted by atomic mass is 9.83. The van der Waals surface area contributed by atoms with Gasteiger partial charge in [-0.3, -0.25) is 14.9 Å². The van der Waals surface area contributed by atoms with Crippen molar-refractivity contribution in [3.05, 3.63) is 46.5 Å². The molecule has 0 unspecified atom stereocenters. The summed E-state index contributed by atoms with van der Waals surface area (Å²) in [6.45, 7) is 7.02. The first kappa shape index (κ1) is 41.8. The molecule has 0 spiro atoms. The minimum atomic E-state index is -1.82. The molecule has 4 bridgehead atoms. The second-order valence-electron chi connectivity index (χ2n) is 13.6. The Morgan fingerprint density at radius 1 is 1.27 bits per heavy atom. The van der Waals surface area contributed by atoms with E-state index in [2.05, 4.69) is 5.32 Å². The molecule has 0 saturated carbocycles. The van der Waals surface area contributed by atoms with Crippen LogP contribution in [0.25, 0.3) is 0 Å². The van der Waals surface area contributed by atoms with Crippen LogP contribution in [0.15, 0.2) is 35.9 Å². The van der Waals surface area contributed by atoms with Crippen LogP contribution in [0.5, 0.6) is 5.75 Å². The Balaban J connectivity index is 1.74. The monoisotopic (exact) mass is 783 g/mol. The van der Waals surface area contributed by atoms with E-state index >= 15 is 0 Å². The number of hydrogen-bond acceptors (Lipinski definition) is 12. The number of hydrogen-bond donors (Lipinski definition) is 2. The van der Waals surface area contributed by atoms with Crippen LogP contribution in [-0.2, 0) is 39.8 Å². The summed E-state index contributed by atoms with van der Waals surface area (Å²) in [5.41, 5.74) is -0.884. The third kappa shape index (κ3) is 9.40. The summed E-state index contributed by atoms with van der Waals surface area (Å²) in [5.74, 6) is -0.916. The number of carbonyl (C=O) groups is 4. The van der Waals surface area contributed by atoms with Crippen LogP contribution in [0.1, 0.15) is 52.5 Å². The molecule has 0 aliphatic carbocycles. The number of aliphatic hydroxyl groups is 1. The average molecular weight is 784 g/mol. The van der Waals surface area contributed by atoms with Gasteiger partial charge in [0.2, 0.25) is 11.8 Å². The van der Waals surface area contributed by atoms with Crippen molar-refractivity contribution in [1.29, 1.82) is 0 Å². The summed E-state index contributed by atoms with van der Waals surface area (Å²) in [7, 11) is 9.14. The molecule has 2 saturated heterocycles. The number of epoxide rings is 1. The van der Waals surface area contributed by atoms with Crippen molar-refractivity contribution >= 4 is 62.8 Å². The molecule has 52 heavy (non-hydrogen) atoms. The summed E-state index contributed by atoms with van der Waals surface area (Å²) in [5, 5.41) is 14.5. The number of likely N-dealkylation sites (N-methyl/N-ethyl adjacent to an activating group) is 1. The highest BCUT2D eigenvalue weighted by atomic mass is 35.5. The van der Waals surface area contributed by atoms with Crippen LogP contribution >= 0.6 is 33.2 Å². The topological polar surface area (TPSA) is 156 Å². The Morgan fingerprint density at radius 2 is 1.98 bits per heavy atom. The van der Waals surface area contributed by atoms with Crippen molar-refractivity contribution < 1.29 is 48.0 Å². The molecule has 8 atom stereocenters. The van der Waals surface area contributed by atoms with E-state index in [1.807, 2.05) is 19.3 Å². The first-order chi connectivity index (χ1) is 24.5. The van der Waals surface area contributed by atoms with E-state index in [0.717, 1.165) is 11.1 Å². The van der Waals surface area contributed by atoms with E-state index in [4.69, 9.17) is 35.3 Å². The second-order valence-corrected chi connectivity index (χ2v) is 16.7. The van der Waals surface area contributed by atoms with Gasteiger partial charge in [-0.25, -0.2) is 9.59 Å². The van der Waals surface area contributed by atoms with Gasteiger partial charge in [0.1, 0.15) is 40.7 Å². The zero-order valence-corrected chi connectivity index (χ0v) is 33.5. The van der Waals surface area contributed by atoms with Gasteiger partial charge in [0.15, 0.2) is 5.72 Å². The number of methoxy groups -OCH3 is 2. The van der Waals surface area contributed by atoms with Gasteiger partial charge in [0.25, 0.3) is 0 Å². The number of allylic oxidation sites excluding steroid dienone is 3. The van der Waals surface area contributed by atoms with Crippen molar-refractivity contribution in [2.45, 2.75) is 95.2 Å². The molecule has 0 radical (unpaired) electrons. The van der Waals surface area contributed by atoms with Crippen molar-refractivity contribution in [3.8, 4) is 5.75 Å². The van der Waals surface area contributed by atoms with Crippen LogP contribution in [0.2, 0.25) is 5.02 Å². The second kappa shape index (κ2) is 17.5. The maximum atomic E-state index is 14.1. The van der Waals surface area contributed by atoms with E-state index < -0.39 is 65.7 Å². The number of alkyl carbamates (subject to hydrolysis) is 1. The number of amides is 3. The maximum absolute atomic E-state index is 14.1. The minimum absolute atomic E-state index is 0.0452. The molecule has 3 heterocycles. The molecule has 2 N–H and O–H groups in total. The summed E-state index contributed by atoms with van der Waals surface area (Å²) >= 11 is 6.75. The number of nitrogens with zero attached hydrogens (tertiary/aromatic N) is 2. The van der Waals surface area contributed by atoms with Gasteiger partial charge >= 0.3 is 12.1 Å². The van der Waals surface area contributed by atoms with E-state index in [0.29, 0.717) is 23.6 Å². The summed E-state index contributed by atoms with van der Waals surface area (Å²) in [6, 6.07) is 2.63. The maximum Gasteiger partial charge on any atom is 0.409 e. The number of carbonyl (C=O) groups excluding carboxylic acids is 4. The molecular formula is C36H50ClN3O10S2. The first-order valence-electron chi connectivity index (χ1n) is 17.0. The molecule has 1 aromatic rings. The van der Waals surface area contributed by atoms with E-state index in [1.165, 1.54) is 31.1 Å². The van der Waals surface area contributed by atoms with Crippen LogP contribution in [0, 0.1) is 5.92 Å². The number of nitrogens with one attached hydrogen (secondary N) is 1. The molecule has 0 aromatic heterocycles. The highest BCUT2D eigenvalue weighted by Crippen LogP contribution is 2.49. The van der Waals surface area contributed by atoms with Gasteiger partial charge in [-0.2, -0.15) is 0 Å². The zero-order chi connectivity index (χ0) is 38.5. The molecule has 4 rings (SSSR count). The van der Waals surface area contributed by atoms with Gasteiger partial charge in [0, 0.05) is 45.7 Å². The minimum Gasteiger partial charge on any atom is -0.495 e.